The molecule has 1 aliphatic rings. The number of aryl methyl sites for hydroxylation is 1. The minimum atomic E-state index is -4.55. The Kier molecular flexibility index (Phi) is 4.72. The fourth-order valence-corrected chi connectivity index (χ4v) is 2.35. The van der Waals surface area contributed by atoms with Crippen LogP contribution in [0.25, 0.3) is 0 Å². The number of carbonyl (C=O) groups excluding carboxylic acids is 2. The van der Waals surface area contributed by atoms with Crippen molar-refractivity contribution in [1.82, 2.24) is 20.0 Å². The second kappa shape index (κ2) is 6.37. The number of carbonyl (C=O) groups is 2. The van der Waals surface area contributed by atoms with Gasteiger partial charge in [0.1, 0.15) is 5.69 Å². The van der Waals surface area contributed by atoms with E-state index in [2.05, 4.69) is 10.4 Å². The molecule has 2 heterocycles. The van der Waals surface area contributed by atoms with E-state index in [1.807, 2.05) is 0 Å². The van der Waals surface area contributed by atoms with E-state index in [1.165, 1.54) is 0 Å². The van der Waals surface area contributed by atoms with E-state index >= 15 is 0 Å². The maximum absolute atomic E-state index is 12.6. The lowest BCUT2D eigenvalue weighted by atomic mass is 10.3. The molecule has 0 bridgehead atoms. The van der Waals surface area contributed by atoms with Crippen molar-refractivity contribution < 1.29 is 22.8 Å². The summed E-state index contributed by atoms with van der Waals surface area (Å²) in [6.45, 7) is 1.54. The number of likely N-dealkylation sites (tertiary alicyclic amines) is 1. The molecule has 0 unspecified atom stereocenters. The fraction of sp³-hybridized carbons (Fsp3) is 0.615. The molecule has 2 amide bonds. The minimum absolute atomic E-state index is 0.103. The molecule has 0 saturated carbocycles. The van der Waals surface area contributed by atoms with Crippen molar-refractivity contribution in [2.24, 2.45) is 7.05 Å². The molecule has 2 rings (SSSR count). The second-order valence-corrected chi connectivity index (χ2v) is 5.13. The van der Waals surface area contributed by atoms with E-state index < -0.39 is 17.8 Å². The van der Waals surface area contributed by atoms with Crippen LogP contribution in [0.1, 0.15) is 35.4 Å². The number of halogens is 3. The number of amides is 2. The highest BCUT2D eigenvalue weighted by Gasteiger charge is 2.35. The Balaban J connectivity index is 1.81. The molecular weight excluding hydrogens is 301 g/mol. The van der Waals surface area contributed by atoms with Crippen molar-refractivity contribution in [1.29, 1.82) is 0 Å². The van der Waals surface area contributed by atoms with Gasteiger partial charge in [-0.15, -0.1) is 0 Å². The number of nitrogens with zero attached hydrogens (tertiary/aromatic N) is 3. The Morgan fingerprint density at radius 1 is 1.45 bits per heavy atom. The zero-order chi connectivity index (χ0) is 16.3. The largest absolute Gasteiger partial charge is 0.433 e. The molecule has 6 nitrogen and oxygen atoms in total. The molecule has 0 aromatic carbocycles. The quantitative estimate of drug-likeness (QED) is 0.829. The number of rotatable bonds is 5. The molecule has 0 radical (unpaired) electrons. The Hall–Kier alpha value is -2.06. The molecule has 1 aliphatic heterocycles. The van der Waals surface area contributed by atoms with Gasteiger partial charge >= 0.3 is 6.18 Å². The lowest BCUT2D eigenvalue weighted by Crippen LogP contribution is -2.30. The van der Waals surface area contributed by atoms with Gasteiger partial charge in [-0.2, -0.15) is 18.3 Å². The summed E-state index contributed by atoms with van der Waals surface area (Å²) in [4.78, 5) is 24.9. The lowest BCUT2D eigenvalue weighted by Gasteiger charge is -2.14. The molecule has 1 fully saturated rings. The van der Waals surface area contributed by atoms with Crippen molar-refractivity contribution in [3.63, 3.8) is 0 Å². The van der Waals surface area contributed by atoms with E-state index in [1.54, 1.807) is 4.90 Å². The molecule has 0 aliphatic carbocycles. The SMILES string of the molecule is Cn1nc(C(=O)NCCCN2CCCC2=O)cc1C(F)(F)F. The topological polar surface area (TPSA) is 67.2 Å². The van der Waals surface area contributed by atoms with Crippen LogP contribution in [0.5, 0.6) is 0 Å². The summed E-state index contributed by atoms with van der Waals surface area (Å²) in [5.41, 5.74) is -1.24. The monoisotopic (exact) mass is 318 g/mol. The summed E-state index contributed by atoms with van der Waals surface area (Å²) in [6, 6.07) is 0.722. The van der Waals surface area contributed by atoms with Crippen LogP contribution in [0.3, 0.4) is 0 Å². The van der Waals surface area contributed by atoms with Crippen LogP contribution in [0.2, 0.25) is 0 Å². The fourth-order valence-electron chi connectivity index (χ4n) is 2.35. The van der Waals surface area contributed by atoms with Gasteiger partial charge in [-0.3, -0.25) is 14.3 Å². The Morgan fingerprint density at radius 2 is 2.18 bits per heavy atom. The molecule has 1 N–H and O–H groups in total. The zero-order valence-corrected chi connectivity index (χ0v) is 12.1. The molecule has 0 atom stereocenters. The van der Waals surface area contributed by atoms with Crippen molar-refractivity contribution >= 4 is 11.8 Å². The van der Waals surface area contributed by atoms with Gasteiger partial charge in [-0.1, -0.05) is 0 Å². The smallest absolute Gasteiger partial charge is 0.351 e. The van der Waals surface area contributed by atoms with Crippen LogP contribution >= 0.6 is 0 Å². The van der Waals surface area contributed by atoms with Gasteiger partial charge in [-0.05, 0) is 12.8 Å². The van der Waals surface area contributed by atoms with Crippen molar-refractivity contribution in [2.45, 2.75) is 25.4 Å². The van der Waals surface area contributed by atoms with Crippen molar-refractivity contribution in [3.05, 3.63) is 17.5 Å². The number of hydrogen-bond donors (Lipinski definition) is 1. The normalized spacial score (nSPS) is 15.5. The van der Waals surface area contributed by atoms with E-state index in [4.69, 9.17) is 0 Å². The first kappa shape index (κ1) is 16.3. The standard InChI is InChI=1S/C13H17F3N4O2/c1-19-10(13(14,15)16)8-9(18-19)12(22)17-5-3-7-20-6-2-4-11(20)21/h8H,2-7H2,1H3,(H,17,22). The van der Waals surface area contributed by atoms with Gasteiger partial charge in [0.05, 0.1) is 0 Å². The molecule has 0 spiro atoms. The molecule has 9 heteroatoms. The molecule has 1 aromatic heterocycles. The molecule has 122 valence electrons. The predicted molar refractivity (Wildman–Crippen MR) is 71.0 cm³/mol. The predicted octanol–water partition coefficient (Wildman–Crippen LogP) is 1.18. The lowest BCUT2D eigenvalue weighted by molar-refractivity contribution is -0.143. The van der Waals surface area contributed by atoms with E-state index in [9.17, 15) is 22.8 Å². The number of hydrogen-bond acceptors (Lipinski definition) is 3. The third-order valence-corrected chi connectivity index (χ3v) is 3.46. The Bertz CT molecular complexity index is 568. The van der Waals surface area contributed by atoms with Gasteiger partial charge in [0.25, 0.3) is 5.91 Å². The summed E-state index contributed by atoms with van der Waals surface area (Å²) < 4.78 is 38.5. The van der Waals surface area contributed by atoms with Gasteiger partial charge in [0.2, 0.25) is 5.91 Å². The van der Waals surface area contributed by atoms with Crippen LogP contribution in [0, 0.1) is 0 Å². The first-order valence-corrected chi connectivity index (χ1v) is 6.96. The van der Waals surface area contributed by atoms with E-state index in [0.29, 0.717) is 24.1 Å². The maximum atomic E-state index is 12.6. The van der Waals surface area contributed by atoms with Crippen LogP contribution in [-0.4, -0.2) is 46.1 Å². The molecule has 22 heavy (non-hydrogen) atoms. The van der Waals surface area contributed by atoms with Gasteiger partial charge in [0.15, 0.2) is 5.69 Å². The van der Waals surface area contributed by atoms with Crippen molar-refractivity contribution in [2.75, 3.05) is 19.6 Å². The van der Waals surface area contributed by atoms with Crippen LogP contribution < -0.4 is 5.32 Å². The highest BCUT2D eigenvalue weighted by molar-refractivity contribution is 5.92. The van der Waals surface area contributed by atoms with Crippen LogP contribution in [-0.2, 0) is 18.0 Å². The summed E-state index contributed by atoms with van der Waals surface area (Å²) in [7, 11) is 1.14. The first-order valence-electron chi connectivity index (χ1n) is 6.96. The highest BCUT2D eigenvalue weighted by atomic mass is 19.4. The summed E-state index contributed by atoms with van der Waals surface area (Å²) in [5, 5.41) is 6.08. The van der Waals surface area contributed by atoms with E-state index in [0.717, 1.165) is 26.1 Å². The number of nitrogens with one attached hydrogen (secondary N) is 1. The average Bonchev–Trinajstić information content (AvgIpc) is 3.00. The third-order valence-electron chi connectivity index (χ3n) is 3.46. The van der Waals surface area contributed by atoms with Gasteiger partial charge in [-0.25, -0.2) is 0 Å². The number of aromatic nitrogens is 2. The summed E-state index contributed by atoms with van der Waals surface area (Å²) >= 11 is 0. The first-order chi connectivity index (χ1) is 10.3. The maximum Gasteiger partial charge on any atom is 0.433 e. The summed E-state index contributed by atoms with van der Waals surface area (Å²) in [6.07, 6.45) is -2.59. The molecule has 1 aromatic rings. The van der Waals surface area contributed by atoms with Gasteiger partial charge in [0, 0.05) is 39.2 Å². The zero-order valence-electron chi connectivity index (χ0n) is 12.1. The summed E-state index contributed by atoms with van der Waals surface area (Å²) in [5.74, 6) is -0.551. The molecule has 1 saturated heterocycles. The van der Waals surface area contributed by atoms with Crippen molar-refractivity contribution in [3.8, 4) is 0 Å². The Labute approximate surface area is 125 Å². The van der Waals surface area contributed by atoms with Crippen LogP contribution in [0.15, 0.2) is 6.07 Å². The van der Waals surface area contributed by atoms with E-state index in [-0.39, 0.29) is 18.1 Å². The minimum Gasteiger partial charge on any atom is -0.351 e. The highest BCUT2D eigenvalue weighted by Crippen LogP contribution is 2.29. The average molecular weight is 318 g/mol. The van der Waals surface area contributed by atoms with Gasteiger partial charge < -0.3 is 10.2 Å². The second-order valence-electron chi connectivity index (χ2n) is 5.13. The third kappa shape index (κ3) is 3.77. The Morgan fingerprint density at radius 3 is 2.73 bits per heavy atom. The number of alkyl halides is 3. The van der Waals surface area contributed by atoms with Crippen LogP contribution in [0.4, 0.5) is 13.2 Å². The molecular formula is C13H17F3N4O2.